The Morgan fingerprint density at radius 1 is 0.913 bits per heavy atom. The Morgan fingerprint density at radius 2 is 1.57 bits per heavy atom. The lowest BCUT2D eigenvalue weighted by Crippen LogP contribution is -2.30. The van der Waals surface area contributed by atoms with E-state index < -0.39 is 11.7 Å². The first kappa shape index (κ1) is 16.9. The molecule has 23 heavy (non-hydrogen) atoms. The van der Waals surface area contributed by atoms with E-state index in [1.54, 1.807) is 12.1 Å². The highest BCUT2D eigenvalue weighted by molar-refractivity contribution is 5.27. The van der Waals surface area contributed by atoms with Crippen molar-refractivity contribution in [2.24, 2.45) is 17.8 Å². The highest BCUT2D eigenvalue weighted by Crippen LogP contribution is 2.48. The minimum Gasteiger partial charge on any atom is -0.166 e. The van der Waals surface area contributed by atoms with Gasteiger partial charge in [-0.2, -0.15) is 13.2 Å². The average Bonchev–Trinajstić information content (AvgIpc) is 2.54. The molecule has 0 aliphatic heterocycles. The van der Waals surface area contributed by atoms with Crippen molar-refractivity contribution >= 4 is 0 Å². The van der Waals surface area contributed by atoms with Crippen molar-refractivity contribution < 1.29 is 13.2 Å². The van der Waals surface area contributed by atoms with Gasteiger partial charge >= 0.3 is 6.18 Å². The molecule has 1 aromatic carbocycles. The first-order valence-corrected chi connectivity index (χ1v) is 9.14. The zero-order chi connectivity index (χ0) is 16.4. The number of rotatable bonds is 3. The largest absolute Gasteiger partial charge is 0.416 e. The molecule has 0 heterocycles. The molecule has 0 N–H and O–H groups in total. The molecule has 1 aromatic rings. The van der Waals surface area contributed by atoms with Crippen LogP contribution >= 0.6 is 0 Å². The third-order valence-corrected chi connectivity index (χ3v) is 6.13. The lowest BCUT2D eigenvalue weighted by molar-refractivity contribution is -0.137. The van der Waals surface area contributed by atoms with Gasteiger partial charge in [0, 0.05) is 0 Å². The van der Waals surface area contributed by atoms with E-state index in [1.165, 1.54) is 57.1 Å². The summed E-state index contributed by atoms with van der Waals surface area (Å²) in [4.78, 5) is 0. The minimum absolute atomic E-state index is 0.459. The van der Waals surface area contributed by atoms with Gasteiger partial charge in [0.25, 0.3) is 0 Å². The molecule has 3 heteroatoms. The number of alkyl halides is 3. The molecule has 0 saturated heterocycles. The van der Waals surface area contributed by atoms with E-state index in [4.69, 9.17) is 0 Å². The predicted octanol–water partition coefficient (Wildman–Crippen LogP) is 6.81. The van der Waals surface area contributed by atoms with Crippen LogP contribution in [0.2, 0.25) is 0 Å². The van der Waals surface area contributed by atoms with Gasteiger partial charge < -0.3 is 0 Å². The molecule has 0 amide bonds. The molecule has 0 nitrogen and oxygen atoms in total. The fraction of sp³-hybridized carbons (Fsp3) is 0.700. The van der Waals surface area contributed by atoms with Crippen LogP contribution in [0.15, 0.2) is 24.3 Å². The van der Waals surface area contributed by atoms with Gasteiger partial charge in [-0.25, -0.2) is 0 Å². The molecule has 2 aliphatic rings. The van der Waals surface area contributed by atoms with Crippen molar-refractivity contribution in [1.82, 2.24) is 0 Å². The summed E-state index contributed by atoms with van der Waals surface area (Å²) >= 11 is 0. The summed E-state index contributed by atoms with van der Waals surface area (Å²) in [6.45, 7) is 2.27. The summed E-state index contributed by atoms with van der Waals surface area (Å²) in [5.41, 5.74) is 0.571. The van der Waals surface area contributed by atoms with Crippen LogP contribution in [0.3, 0.4) is 0 Å². The molecule has 4 atom stereocenters. The van der Waals surface area contributed by atoms with E-state index >= 15 is 0 Å². The Hall–Kier alpha value is -0.990. The second-order valence-electron chi connectivity index (χ2n) is 7.62. The molecule has 3 rings (SSSR count). The van der Waals surface area contributed by atoms with Crippen molar-refractivity contribution in [3.8, 4) is 0 Å². The monoisotopic (exact) mass is 324 g/mol. The maximum atomic E-state index is 12.7. The topological polar surface area (TPSA) is 0 Å². The van der Waals surface area contributed by atoms with Crippen molar-refractivity contribution in [3.63, 3.8) is 0 Å². The number of hydrogen-bond acceptors (Lipinski definition) is 0. The normalized spacial score (nSPS) is 31.7. The first-order chi connectivity index (χ1) is 11.0. The molecular formula is C20H27F3. The smallest absolute Gasteiger partial charge is 0.166 e. The van der Waals surface area contributed by atoms with E-state index in [2.05, 4.69) is 6.92 Å². The average molecular weight is 324 g/mol. The van der Waals surface area contributed by atoms with Crippen LogP contribution in [-0.2, 0) is 6.18 Å². The van der Waals surface area contributed by atoms with Gasteiger partial charge in [-0.1, -0.05) is 38.3 Å². The van der Waals surface area contributed by atoms with E-state index in [1.807, 2.05) is 0 Å². The van der Waals surface area contributed by atoms with E-state index in [0.29, 0.717) is 5.92 Å². The molecule has 0 bridgehead atoms. The number of hydrogen-bond donors (Lipinski definition) is 0. The Bertz CT molecular complexity index is 503. The third kappa shape index (κ3) is 3.92. The zero-order valence-electron chi connectivity index (χ0n) is 13.9. The van der Waals surface area contributed by atoms with Crippen LogP contribution in [0.1, 0.15) is 75.3 Å². The van der Waals surface area contributed by atoms with E-state index in [0.717, 1.165) is 29.7 Å². The van der Waals surface area contributed by atoms with Crippen molar-refractivity contribution in [2.45, 2.75) is 70.4 Å². The van der Waals surface area contributed by atoms with Crippen molar-refractivity contribution in [1.29, 1.82) is 0 Å². The molecule has 0 aromatic heterocycles. The van der Waals surface area contributed by atoms with Gasteiger partial charge in [0.1, 0.15) is 0 Å². The summed E-state index contributed by atoms with van der Waals surface area (Å²) < 4.78 is 38.0. The van der Waals surface area contributed by atoms with Crippen LogP contribution in [0.5, 0.6) is 0 Å². The van der Waals surface area contributed by atoms with Gasteiger partial charge in [-0.15, -0.1) is 0 Å². The van der Waals surface area contributed by atoms with Gasteiger partial charge in [-0.05, 0) is 73.5 Å². The van der Waals surface area contributed by atoms with E-state index in [9.17, 15) is 13.2 Å². The molecule has 0 spiro atoms. The van der Waals surface area contributed by atoms with Gasteiger partial charge in [0.05, 0.1) is 5.56 Å². The number of benzene rings is 1. The Morgan fingerprint density at radius 3 is 2.22 bits per heavy atom. The Balaban J connectivity index is 1.62. The maximum Gasteiger partial charge on any atom is 0.416 e. The fourth-order valence-corrected chi connectivity index (χ4v) is 4.90. The summed E-state index contributed by atoms with van der Waals surface area (Å²) in [6.07, 6.45) is 6.08. The third-order valence-electron chi connectivity index (χ3n) is 6.13. The molecule has 0 radical (unpaired) electrons. The summed E-state index contributed by atoms with van der Waals surface area (Å²) in [5.74, 6) is 3.04. The van der Waals surface area contributed by atoms with E-state index in [-0.39, 0.29) is 0 Å². The summed E-state index contributed by atoms with van der Waals surface area (Å²) in [7, 11) is 0. The van der Waals surface area contributed by atoms with Gasteiger partial charge in [-0.3, -0.25) is 0 Å². The summed E-state index contributed by atoms with van der Waals surface area (Å²) in [6, 6.07) is 5.91. The molecule has 2 fully saturated rings. The van der Waals surface area contributed by atoms with Crippen LogP contribution in [0.25, 0.3) is 0 Å². The molecule has 128 valence electrons. The van der Waals surface area contributed by atoms with Crippen LogP contribution in [0, 0.1) is 17.8 Å². The second kappa shape index (κ2) is 6.86. The lowest BCUT2D eigenvalue weighted by Gasteiger charge is -2.42. The standard InChI is InChI=1S/C20H27F3/c1-2-3-14-4-5-18-13-17(7-6-16(18)12-14)15-8-10-19(11-9-15)20(21,22)23/h8-11,14,16-18H,2-7,12-13H2,1H3. The molecular weight excluding hydrogens is 297 g/mol. The molecule has 2 saturated carbocycles. The number of fused-ring (bicyclic) bond motifs is 1. The fourth-order valence-electron chi connectivity index (χ4n) is 4.90. The SMILES string of the molecule is CCCC1CCC2CC(c3ccc(C(F)(F)F)cc3)CCC2C1. The lowest BCUT2D eigenvalue weighted by atomic mass is 9.63. The highest BCUT2D eigenvalue weighted by atomic mass is 19.4. The van der Waals surface area contributed by atoms with Crippen LogP contribution in [-0.4, -0.2) is 0 Å². The highest BCUT2D eigenvalue weighted by Gasteiger charge is 2.36. The summed E-state index contributed by atoms with van der Waals surface area (Å²) in [5, 5.41) is 0. The van der Waals surface area contributed by atoms with Crippen molar-refractivity contribution in [2.75, 3.05) is 0 Å². The predicted molar refractivity (Wildman–Crippen MR) is 87.3 cm³/mol. The maximum absolute atomic E-state index is 12.7. The van der Waals surface area contributed by atoms with Crippen LogP contribution < -0.4 is 0 Å². The van der Waals surface area contributed by atoms with Gasteiger partial charge in [0.15, 0.2) is 0 Å². The molecule has 4 unspecified atom stereocenters. The molecule has 2 aliphatic carbocycles. The minimum atomic E-state index is -4.23. The van der Waals surface area contributed by atoms with Crippen molar-refractivity contribution in [3.05, 3.63) is 35.4 Å². The Labute approximate surface area is 137 Å². The van der Waals surface area contributed by atoms with Crippen LogP contribution in [0.4, 0.5) is 13.2 Å². The number of halogens is 3. The Kier molecular flexibility index (Phi) is 5.03. The first-order valence-electron chi connectivity index (χ1n) is 9.14. The second-order valence-corrected chi connectivity index (χ2v) is 7.62. The quantitative estimate of drug-likeness (QED) is 0.573. The van der Waals surface area contributed by atoms with Gasteiger partial charge in [0.2, 0.25) is 0 Å². The zero-order valence-corrected chi connectivity index (χ0v) is 13.9.